The largest absolute Gasteiger partial charge is 0.339 e. The van der Waals surface area contributed by atoms with E-state index >= 15 is 0 Å². The number of nitrogens with one attached hydrogen (secondary N) is 1. The summed E-state index contributed by atoms with van der Waals surface area (Å²) in [5.41, 5.74) is 1.15. The van der Waals surface area contributed by atoms with Gasteiger partial charge < -0.3 is 10.2 Å². The fourth-order valence-electron chi connectivity index (χ4n) is 3.41. The van der Waals surface area contributed by atoms with Gasteiger partial charge in [-0.2, -0.15) is 0 Å². The molecular weight excluding hydrogens is 262 g/mol. The molecular formula is C16H27N5. The van der Waals surface area contributed by atoms with Gasteiger partial charge in [0.05, 0.1) is 0 Å². The van der Waals surface area contributed by atoms with Gasteiger partial charge in [0.25, 0.3) is 0 Å². The topological polar surface area (TPSA) is 44.3 Å². The van der Waals surface area contributed by atoms with Crippen LogP contribution < -0.4 is 10.2 Å². The molecule has 1 N–H and O–H groups in total. The second-order valence-corrected chi connectivity index (χ2v) is 6.71. The van der Waals surface area contributed by atoms with Crippen LogP contribution in [-0.2, 0) is 6.54 Å². The average molecular weight is 289 g/mol. The molecule has 0 amide bonds. The van der Waals surface area contributed by atoms with Crippen LogP contribution in [-0.4, -0.2) is 53.1 Å². The van der Waals surface area contributed by atoms with E-state index < -0.39 is 0 Å². The molecule has 21 heavy (non-hydrogen) atoms. The van der Waals surface area contributed by atoms with E-state index in [1.54, 1.807) is 0 Å². The second kappa shape index (κ2) is 6.28. The summed E-state index contributed by atoms with van der Waals surface area (Å²) in [6.45, 7) is 7.28. The number of fused-ring (bicyclic) bond motifs is 2. The molecule has 2 bridgehead atoms. The number of likely N-dealkylation sites (N-methyl/N-ethyl adjacent to an activating group) is 1. The zero-order valence-electron chi connectivity index (χ0n) is 13.4. The minimum absolute atomic E-state index is 0.487. The minimum Gasteiger partial charge on any atom is -0.339 e. The van der Waals surface area contributed by atoms with E-state index in [2.05, 4.69) is 46.0 Å². The first-order valence-electron chi connectivity index (χ1n) is 8.14. The Bertz CT molecular complexity index is 458. The van der Waals surface area contributed by atoms with Gasteiger partial charge in [-0.25, -0.2) is 9.97 Å². The van der Waals surface area contributed by atoms with Gasteiger partial charge in [0, 0.05) is 55.7 Å². The predicted molar refractivity (Wildman–Crippen MR) is 85.4 cm³/mol. The molecule has 5 heteroatoms. The van der Waals surface area contributed by atoms with E-state index in [0.29, 0.717) is 12.1 Å². The maximum absolute atomic E-state index is 4.59. The zero-order chi connectivity index (χ0) is 14.8. The summed E-state index contributed by atoms with van der Waals surface area (Å²) in [5, 5.41) is 3.40. The van der Waals surface area contributed by atoms with Crippen LogP contribution in [0.2, 0.25) is 0 Å². The Morgan fingerprint density at radius 1 is 1.19 bits per heavy atom. The molecule has 1 aromatic heterocycles. The smallest absolute Gasteiger partial charge is 0.225 e. The summed E-state index contributed by atoms with van der Waals surface area (Å²) in [6.07, 6.45) is 7.83. The standard InChI is InChI=1S/C16H27N5/c1-12(2)17-8-13-9-18-16(19-10-13)21-7-6-14-4-5-15(11-21)20(14)3/h9-10,12,14-15,17H,4-8,11H2,1-3H3. The van der Waals surface area contributed by atoms with Crippen LogP contribution in [0.25, 0.3) is 0 Å². The fraction of sp³-hybridized carbons (Fsp3) is 0.750. The molecule has 0 aliphatic carbocycles. The first kappa shape index (κ1) is 14.7. The van der Waals surface area contributed by atoms with E-state index in [1.165, 1.54) is 19.3 Å². The Hall–Kier alpha value is -1.20. The van der Waals surface area contributed by atoms with Crippen molar-refractivity contribution in [2.24, 2.45) is 0 Å². The van der Waals surface area contributed by atoms with E-state index in [4.69, 9.17) is 0 Å². The molecule has 0 saturated carbocycles. The monoisotopic (exact) mass is 289 g/mol. The van der Waals surface area contributed by atoms with Crippen molar-refractivity contribution in [2.45, 2.75) is 57.8 Å². The van der Waals surface area contributed by atoms with Crippen molar-refractivity contribution >= 4 is 5.95 Å². The molecule has 0 spiro atoms. The number of nitrogens with zero attached hydrogens (tertiary/aromatic N) is 4. The van der Waals surface area contributed by atoms with E-state index in [-0.39, 0.29) is 0 Å². The molecule has 1 aromatic rings. The van der Waals surface area contributed by atoms with Crippen molar-refractivity contribution in [2.75, 3.05) is 25.0 Å². The Morgan fingerprint density at radius 2 is 1.90 bits per heavy atom. The van der Waals surface area contributed by atoms with Gasteiger partial charge in [0.15, 0.2) is 0 Å². The third-order valence-electron chi connectivity index (χ3n) is 4.84. The molecule has 2 atom stereocenters. The Morgan fingerprint density at radius 3 is 2.62 bits per heavy atom. The van der Waals surface area contributed by atoms with E-state index in [1.807, 2.05) is 12.4 Å². The Labute approximate surface area is 127 Å². The van der Waals surface area contributed by atoms with Gasteiger partial charge in [-0.15, -0.1) is 0 Å². The first-order valence-corrected chi connectivity index (χ1v) is 8.14. The van der Waals surface area contributed by atoms with Crippen molar-refractivity contribution in [3.05, 3.63) is 18.0 Å². The summed E-state index contributed by atoms with van der Waals surface area (Å²) in [5.74, 6) is 0.893. The Balaban J connectivity index is 1.64. The Kier molecular flexibility index (Phi) is 4.40. The average Bonchev–Trinajstić information content (AvgIpc) is 2.71. The van der Waals surface area contributed by atoms with Crippen LogP contribution in [0.4, 0.5) is 5.95 Å². The van der Waals surface area contributed by atoms with Gasteiger partial charge >= 0.3 is 0 Å². The van der Waals surface area contributed by atoms with Gasteiger partial charge in [0.2, 0.25) is 5.95 Å². The summed E-state index contributed by atoms with van der Waals surface area (Å²) in [7, 11) is 2.27. The lowest BCUT2D eigenvalue weighted by Crippen LogP contribution is -2.37. The summed E-state index contributed by atoms with van der Waals surface area (Å²) in [6, 6.07) is 1.92. The minimum atomic E-state index is 0.487. The van der Waals surface area contributed by atoms with Crippen molar-refractivity contribution in [3.8, 4) is 0 Å². The lowest BCUT2D eigenvalue weighted by Gasteiger charge is -2.25. The molecule has 2 aliphatic rings. The number of rotatable bonds is 4. The van der Waals surface area contributed by atoms with Crippen molar-refractivity contribution in [3.63, 3.8) is 0 Å². The molecule has 2 fully saturated rings. The van der Waals surface area contributed by atoms with Gasteiger partial charge in [-0.05, 0) is 26.3 Å². The van der Waals surface area contributed by atoms with Crippen LogP contribution in [0, 0.1) is 0 Å². The fourth-order valence-corrected chi connectivity index (χ4v) is 3.41. The highest BCUT2D eigenvalue weighted by molar-refractivity contribution is 5.31. The SMILES string of the molecule is CC(C)NCc1cnc(N2CCC3CCC(C2)N3C)nc1. The number of hydrogen-bond donors (Lipinski definition) is 1. The number of hydrogen-bond acceptors (Lipinski definition) is 5. The highest BCUT2D eigenvalue weighted by Crippen LogP contribution is 2.29. The summed E-state index contributed by atoms with van der Waals surface area (Å²) >= 11 is 0. The van der Waals surface area contributed by atoms with Crippen molar-refractivity contribution < 1.29 is 0 Å². The molecule has 2 aliphatic heterocycles. The normalized spacial score (nSPS) is 26.4. The third-order valence-corrected chi connectivity index (χ3v) is 4.84. The number of anilines is 1. The molecule has 3 rings (SSSR count). The van der Waals surface area contributed by atoms with Gasteiger partial charge in [0.1, 0.15) is 0 Å². The maximum Gasteiger partial charge on any atom is 0.225 e. The molecule has 2 unspecified atom stereocenters. The zero-order valence-corrected chi connectivity index (χ0v) is 13.4. The molecule has 0 radical (unpaired) electrons. The van der Waals surface area contributed by atoms with Gasteiger partial charge in [-0.1, -0.05) is 13.8 Å². The van der Waals surface area contributed by atoms with Crippen molar-refractivity contribution in [1.29, 1.82) is 0 Å². The van der Waals surface area contributed by atoms with Gasteiger partial charge in [-0.3, -0.25) is 4.90 Å². The highest BCUT2D eigenvalue weighted by Gasteiger charge is 2.35. The van der Waals surface area contributed by atoms with Crippen LogP contribution >= 0.6 is 0 Å². The molecule has 0 aromatic carbocycles. The second-order valence-electron chi connectivity index (χ2n) is 6.71. The highest BCUT2D eigenvalue weighted by atomic mass is 15.3. The first-order chi connectivity index (χ1) is 10.1. The van der Waals surface area contributed by atoms with E-state index in [0.717, 1.165) is 37.2 Å². The molecule has 2 saturated heterocycles. The quantitative estimate of drug-likeness (QED) is 0.913. The third kappa shape index (κ3) is 3.35. The lowest BCUT2D eigenvalue weighted by atomic mass is 10.1. The summed E-state index contributed by atoms with van der Waals surface area (Å²) in [4.78, 5) is 14.1. The molecule has 5 nitrogen and oxygen atoms in total. The maximum atomic E-state index is 4.59. The van der Waals surface area contributed by atoms with Crippen LogP contribution in [0.5, 0.6) is 0 Å². The van der Waals surface area contributed by atoms with Crippen LogP contribution in [0.1, 0.15) is 38.7 Å². The predicted octanol–water partition coefficient (Wildman–Crippen LogP) is 1.65. The van der Waals surface area contributed by atoms with Crippen LogP contribution in [0.15, 0.2) is 12.4 Å². The lowest BCUT2D eigenvalue weighted by molar-refractivity contribution is 0.254. The van der Waals surface area contributed by atoms with E-state index in [9.17, 15) is 0 Å². The molecule has 3 heterocycles. The van der Waals surface area contributed by atoms with Crippen molar-refractivity contribution in [1.82, 2.24) is 20.2 Å². The number of aromatic nitrogens is 2. The molecule has 116 valence electrons. The van der Waals surface area contributed by atoms with Crippen LogP contribution in [0.3, 0.4) is 0 Å². The summed E-state index contributed by atoms with van der Waals surface area (Å²) < 4.78 is 0.